The van der Waals surface area contributed by atoms with Crippen molar-refractivity contribution < 1.29 is 9.84 Å². The molecule has 1 saturated heterocycles. The maximum atomic E-state index is 11.1. The van der Waals surface area contributed by atoms with Crippen LogP contribution < -0.4 is 10.9 Å². The summed E-state index contributed by atoms with van der Waals surface area (Å²) in [7, 11) is 2.11. The summed E-state index contributed by atoms with van der Waals surface area (Å²) in [6.45, 7) is 2.69. The van der Waals surface area contributed by atoms with E-state index in [-0.39, 0.29) is 23.2 Å². The van der Waals surface area contributed by atoms with Gasteiger partial charge in [-0.15, -0.1) is 0 Å². The van der Waals surface area contributed by atoms with Crippen LogP contribution in [0.4, 0.5) is 0 Å². The first-order valence-corrected chi connectivity index (χ1v) is 7.91. The average molecular weight is 307 g/mol. The first-order valence-electron chi connectivity index (χ1n) is 7.91. The van der Waals surface area contributed by atoms with Crippen molar-refractivity contribution in [2.45, 2.75) is 36.9 Å². The van der Waals surface area contributed by atoms with E-state index in [0.29, 0.717) is 19.7 Å². The summed E-state index contributed by atoms with van der Waals surface area (Å²) in [6.07, 6.45) is 5.24. The minimum atomic E-state index is -0.374. The fourth-order valence-electron chi connectivity index (χ4n) is 3.56. The van der Waals surface area contributed by atoms with Gasteiger partial charge >= 0.3 is 0 Å². The summed E-state index contributed by atoms with van der Waals surface area (Å²) in [5.74, 6) is 0. The second kappa shape index (κ2) is 6.12. The Labute approximate surface area is 130 Å². The van der Waals surface area contributed by atoms with Crippen LogP contribution in [-0.2, 0) is 11.3 Å². The number of nitrogens with zero attached hydrogens (tertiary/aromatic N) is 1. The molecule has 0 radical (unpaired) electrons. The Morgan fingerprint density at radius 2 is 2.23 bits per heavy atom. The molecule has 22 heavy (non-hydrogen) atoms. The van der Waals surface area contributed by atoms with E-state index in [1.54, 1.807) is 6.20 Å². The van der Waals surface area contributed by atoms with Gasteiger partial charge in [0.05, 0.1) is 25.4 Å². The summed E-state index contributed by atoms with van der Waals surface area (Å²) in [5.41, 5.74) is 0.662. The molecule has 1 unspecified atom stereocenters. The van der Waals surface area contributed by atoms with Gasteiger partial charge < -0.3 is 20.1 Å². The van der Waals surface area contributed by atoms with Gasteiger partial charge in [-0.25, -0.2) is 0 Å². The number of aromatic amines is 1. The lowest BCUT2D eigenvalue weighted by Crippen LogP contribution is -2.73. The first-order chi connectivity index (χ1) is 10.6. The van der Waals surface area contributed by atoms with E-state index < -0.39 is 0 Å². The SMILES string of the molecule is CN1C2(CCC2)COCC1(CO)CNCc1ccc(=O)[nH]c1. The number of ether oxygens (including phenoxy) is 1. The molecule has 0 bridgehead atoms. The molecule has 0 amide bonds. The highest BCUT2D eigenvalue weighted by atomic mass is 16.5. The summed E-state index contributed by atoms with van der Waals surface area (Å²) in [6, 6.07) is 3.34. The molecule has 2 fully saturated rings. The molecule has 1 saturated carbocycles. The van der Waals surface area contributed by atoms with Crippen LogP contribution in [0, 0.1) is 0 Å². The highest BCUT2D eigenvalue weighted by Crippen LogP contribution is 2.43. The Balaban J connectivity index is 1.63. The van der Waals surface area contributed by atoms with Crippen molar-refractivity contribution in [2.75, 3.05) is 33.4 Å². The van der Waals surface area contributed by atoms with Gasteiger partial charge in [0.25, 0.3) is 0 Å². The lowest BCUT2D eigenvalue weighted by molar-refractivity contribution is -0.180. The normalized spacial score (nSPS) is 27.7. The molecule has 2 heterocycles. The van der Waals surface area contributed by atoms with Crippen molar-refractivity contribution in [1.29, 1.82) is 0 Å². The predicted molar refractivity (Wildman–Crippen MR) is 83.8 cm³/mol. The zero-order valence-electron chi connectivity index (χ0n) is 13.1. The number of likely N-dealkylation sites (N-methyl/N-ethyl adjacent to an activating group) is 1. The number of hydrogen-bond donors (Lipinski definition) is 3. The third kappa shape index (κ3) is 2.72. The zero-order chi connectivity index (χ0) is 15.6. The Bertz CT molecular complexity index is 550. The molecule has 122 valence electrons. The summed E-state index contributed by atoms with van der Waals surface area (Å²) < 4.78 is 5.83. The third-order valence-electron chi connectivity index (χ3n) is 5.37. The van der Waals surface area contributed by atoms with Crippen LogP contribution in [-0.4, -0.2) is 59.5 Å². The van der Waals surface area contributed by atoms with E-state index in [0.717, 1.165) is 25.0 Å². The number of hydrogen-bond acceptors (Lipinski definition) is 5. The Kier molecular flexibility index (Phi) is 4.36. The monoisotopic (exact) mass is 307 g/mol. The predicted octanol–water partition coefficient (Wildman–Crippen LogP) is 0.0803. The molecule has 3 rings (SSSR count). The zero-order valence-corrected chi connectivity index (χ0v) is 13.1. The molecule has 0 aromatic carbocycles. The van der Waals surface area contributed by atoms with E-state index in [9.17, 15) is 9.90 Å². The van der Waals surface area contributed by atoms with Crippen molar-refractivity contribution in [3.05, 3.63) is 34.2 Å². The Hall–Kier alpha value is -1.21. The van der Waals surface area contributed by atoms with Crippen LogP contribution in [0.3, 0.4) is 0 Å². The topological polar surface area (TPSA) is 77.6 Å². The van der Waals surface area contributed by atoms with E-state index in [1.807, 2.05) is 6.07 Å². The maximum Gasteiger partial charge on any atom is 0.247 e. The van der Waals surface area contributed by atoms with Crippen LogP contribution in [0.25, 0.3) is 0 Å². The Morgan fingerprint density at radius 3 is 2.82 bits per heavy atom. The fraction of sp³-hybridized carbons (Fsp3) is 0.688. The summed E-state index contributed by atoms with van der Waals surface area (Å²) in [5, 5.41) is 13.4. The van der Waals surface area contributed by atoms with E-state index in [1.165, 1.54) is 12.5 Å². The average Bonchev–Trinajstić information content (AvgIpc) is 2.49. The Morgan fingerprint density at radius 1 is 1.41 bits per heavy atom. The highest BCUT2D eigenvalue weighted by Gasteiger charge is 2.52. The number of pyridine rings is 1. The molecule has 1 spiro atoms. The number of nitrogens with one attached hydrogen (secondary N) is 2. The fourth-order valence-corrected chi connectivity index (χ4v) is 3.56. The lowest BCUT2D eigenvalue weighted by atomic mass is 9.72. The molecule has 6 heteroatoms. The van der Waals surface area contributed by atoms with Crippen molar-refractivity contribution in [3.8, 4) is 0 Å². The second-order valence-corrected chi connectivity index (χ2v) is 6.68. The molecular formula is C16H25N3O3. The molecule has 6 nitrogen and oxygen atoms in total. The van der Waals surface area contributed by atoms with Crippen molar-refractivity contribution in [1.82, 2.24) is 15.2 Å². The number of morpholine rings is 1. The third-order valence-corrected chi connectivity index (χ3v) is 5.37. The molecule has 1 aromatic rings. The molecule has 1 aromatic heterocycles. The van der Waals surface area contributed by atoms with Gasteiger partial charge in [-0.1, -0.05) is 6.07 Å². The summed E-state index contributed by atoms with van der Waals surface area (Å²) >= 11 is 0. The lowest BCUT2D eigenvalue weighted by Gasteiger charge is -2.59. The standard InChI is InChI=1S/C16H25N3O3/c1-19-15(5-2-6-15)11-22-12-16(19,10-20)9-17-7-13-3-4-14(21)18-8-13/h3-4,8,17,20H,2,5-7,9-12H2,1H3,(H,18,21). The largest absolute Gasteiger partial charge is 0.394 e. The van der Waals surface area contributed by atoms with Crippen LogP contribution in [0.5, 0.6) is 0 Å². The van der Waals surface area contributed by atoms with Crippen LogP contribution in [0.1, 0.15) is 24.8 Å². The number of aromatic nitrogens is 1. The molecule has 2 aliphatic rings. The number of aliphatic hydroxyl groups excluding tert-OH is 1. The minimum Gasteiger partial charge on any atom is -0.394 e. The highest BCUT2D eigenvalue weighted by molar-refractivity contribution is 5.10. The molecule has 3 N–H and O–H groups in total. The van der Waals surface area contributed by atoms with Gasteiger partial charge in [-0.2, -0.15) is 0 Å². The van der Waals surface area contributed by atoms with Gasteiger partial charge in [0.15, 0.2) is 0 Å². The van der Waals surface area contributed by atoms with Gasteiger partial charge in [0.2, 0.25) is 5.56 Å². The first kappa shape index (κ1) is 15.7. The molecule has 1 atom stereocenters. The summed E-state index contributed by atoms with van der Waals surface area (Å²) in [4.78, 5) is 16.1. The molecule has 1 aliphatic carbocycles. The number of aliphatic hydroxyl groups is 1. The van der Waals surface area contributed by atoms with Crippen LogP contribution in [0.15, 0.2) is 23.1 Å². The number of rotatable bonds is 5. The van der Waals surface area contributed by atoms with Crippen LogP contribution in [0.2, 0.25) is 0 Å². The van der Waals surface area contributed by atoms with Crippen molar-refractivity contribution in [3.63, 3.8) is 0 Å². The second-order valence-electron chi connectivity index (χ2n) is 6.68. The van der Waals surface area contributed by atoms with Crippen LogP contribution >= 0.6 is 0 Å². The van der Waals surface area contributed by atoms with Gasteiger partial charge in [-0.3, -0.25) is 9.69 Å². The number of H-pyrrole nitrogens is 1. The van der Waals surface area contributed by atoms with Gasteiger partial charge in [0.1, 0.15) is 0 Å². The van der Waals surface area contributed by atoms with E-state index >= 15 is 0 Å². The maximum absolute atomic E-state index is 11.1. The van der Waals surface area contributed by atoms with Gasteiger partial charge in [-0.05, 0) is 31.9 Å². The van der Waals surface area contributed by atoms with Crippen molar-refractivity contribution >= 4 is 0 Å². The van der Waals surface area contributed by atoms with E-state index in [2.05, 4.69) is 22.2 Å². The molecule has 1 aliphatic heterocycles. The van der Waals surface area contributed by atoms with E-state index in [4.69, 9.17) is 4.74 Å². The quantitative estimate of drug-likeness (QED) is 0.718. The minimum absolute atomic E-state index is 0.0733. The van der Waals surface area contributed by atoms with Crippen molar-refractivity contribution in [2.24, 2.45) is 0 Å². The molecular weight excluding hydrogens is 282 g/mol. The smallest absolute Gasteiger partial charge is 0.247 e. The van der Waals surface area contributed by atoms with Gasteiger partial charge in [0, 0.05) is 30.9 Å².